The molecule has 2 aliphatic heterocycles. The maximum atomic E-state index is 10.1. The van der Waals surface area contributed by atoms with Crippen LogP contribution in [0.1, 0.15) is 0 Å². The number of hydrogen-bond donors (Lipinski definition) is 7. The van der Waals surface area contributed by atoms with E-state index in [0.717, 1.165) is 0 Å². The van der Waals surface area contributed by atoms with E-state index in [-0.39, 0.29) is 6.61 Å². The van der Waals surface area contributed by atoms with Gasteiger partial charge >= 0.3 is 0 Å². The van der Waals surface area contributed by atoms with Crippen LogP contribution in [0.3, 0.4) is 0 Å². The summed E-state index contributed by atoms with van der Waals surface area (Å²) >= 11 is 0. The maximum absolute atomic E-state index is 10.1. The summed E-state index contributed by atoms with van der Waals surface area (Å²) in [5.74, 6) is 0. The van der Waals surface area contributed by atoms with Gasteiger partial charge in [0.1, 0.15) is 48.8 Å². The fourth-order valence-corrected chi connectivity index (χ4v) is 2.72. The average molecular weight is 356 g/mol. The van der Waals surface area contributed by atoms with E-state index in [4.69, 9.17) is 24.1 Å². The highest BCUT2D eigenvalue weighted by Gasteiger charge is 2.50. The van der Waals surface area contributed by atoms with Gasteiger partial charge in [-0.05, 0) is 0 Å². The largest absolute Gasteiger partial charge is 0.394 e. The molecule has 10 atom stereocenters. The summed E-state index contributed by atoms with van der Waals surface area (Å²) in [6, 6.07) is 0. The highest BCUT2D eigenvalue weighted by atomic mass is 16.7. The van der Waals surface area contributed by atoms with Crippen LogP contribution < -0.4 is 0 Å². The Morgan fingerprint density at radius 2 is 1.46 bits per heavy atom. The van der Waals surface area contributed by atoms with Gasteiger partial charge in [-0.2, -0.15) is 0 Å². The van der Waals surface area contributed by atoms with Crippen molar-refractivity contribution in [3.05, 3.63) is 0 Å². The lowest BCUT2D eigenvalue weighted by Gasteiger charge is -2.45. The number of methoxy groups -OCH3 is 1. The first-order valence-electron chi connectivity index (χ1n) is 7.46. The Kier molecular flexibility index (Phi) is 6.87. The molecule has 2 rings (SSSR count). The standard InChI is InChI=1S/C13H24O11/c1-21-3-5-11(8(17)9(18)12(20)22-5)24-13-10(19)7(16)6(15)4(2-14)23-13/h4-20H,2-3H2,1H3/t4?,5?,6-,7+,8-,9?,10?,11-,12+,13-/m0/s1. The number of rotatable bonds is 5. The Morgan fingerprint density at radius 3 is 2.04 bits per heavy atom. The third-order valence-electron chi connectivity index (χ3n) is 4.13. The van der Waals surface area contributed by atoms with Gasteiger partial charge in [-0.3, -0.25) is 0 Å². The summed E-state index contributed by atoms with van der Waals surface area (Å²) in [5.41, 5.74) is 0. The molecule has 2 heterocycles. The molecule has 0 saturated carbocycles. The van der Waals surface area contributed by atoms with Crippen LogP contribution in [0.15, 0.2) is 0 Å². The van der Waals surface area contributed by atoms with Crippen molar-refractivity contribution in [1.29, 1.82) is 0 Å². The van der Waals surface area contributed by atoms with E-state index < -0.39 is 68.0 Å². The molecule has 142 valence electrons. The first-order chi connectivity index (χ1) is 11.3. The van der Waals surface area contributed by atoms with Crippen molar-refractivity contribution in [2.45, 2.75) is 61.4 Å². The van der Waals surface area contributed by atoms with Gasteiger partial charge in [-0.15, -0.1) is 0 Å². The Morgan fingerprint density at radius 1 is 0.792 bits per heavy atom. The quantitative estimate of drug-likeness (QED) is 0.251. The Balaban J connectivity index is 2.13. The maximum Gasteiger partial charge on any atom is 0.187 e. The van der Waals surface area contributed by atoms with Gasteiger partial charge in [0.2, 0.25) is 0 Å². The number of hydrogen-bond acceptors (Lipinski definition) is 11. The molecule has 0 aromatic carbocycles. The third kappa shape index (κ3) is 3.86. The van der Waals surface area contributed by atoms with Crippen LogP contribution in [-0.2, 0) is 18.9 Å². The second-order valence-corrected chi connectivity index (χ2v) is 5.80. The summed E-state index contributed by atoms with van der Waals surface area (Å²) in [7, 11) is 1.35. The topological polar surface area (TPSA) is 179 Å². The third-order valence-corrected chi connectivity index (χ3v) is 4.13. The molecule has 0 aromatic rings. The van der Waals surface area contributed by atoms with E-state index >= 15 is 0 Å². The minimum absolute atomic E-state index is 0.108. The lowest BCUT2D eigenvalue weighted by atomic mass is 9.97. The van der Waals surface area contributed by atoms with E-state index in [9.17, 15) is 30.6 Å². The van der Waals surface area contributed by atoms with Crippen LogP contribution in [0, 0.1) is 0 Å². The molecule has 7 N–H and O–H groups in total. The predicted octanol–water partition coefficient (Wildman–Crippen LogP) is -4.74. The van der Waals surface area contributed by atoms with Crippen molar-refractivity contribution in [3.8, 4) is 0 Å². The van der Waals surface area contributed by atoms with E-state index in [1.165, 1.54) is 7.11 Å². The first-order valence-corrected chi connectivity index (χ1v) is 7.46. The van der Waals surface area contributed by atoms with Crippen molar-refractivity contribution in [3.63, 3.8) is 0 Å². The molecule has 2 fully saturated rings. The molecular weight excluding hydrogens is 332 g/mol. The van der Waals surface area contributed by atoms with Crippen LogP contribution in [0.4, 0.5) is 0 Å². The van der Waals surface area contributed by atoms with Gasteiger partial charge in [0, 0.05) is 7.11 Å². The molecule has 24 heavy (non-hydrogen) atoms. The molecule has 0 spiro atoms. The van der Waals surface area contributed by atoms with Crippen molar-refractivity contribution < 1.29 is 54.7 Å². The normalized spacial score (nSPS) is 50.0. The molecule has 0 aliphatic carbocycles. The van der Waals surface area contributed by atoms with Gasteiger partial charge in [0.05, 0.1) is 13.2 Å². The number of ether oxygens (including phenoxy) is 4. The molecule has 0 radical (unpaired) electrons. The smallest absolute Gasteiger partial charge is 0.187 e. The van der Waals surface area contributed by atoms with Crippen LogP contribution in [0.2, 0.25) is 0 Å². The Bertz CT molecular complexity index is 394. The van der Waals surface area contributed by atoms with Crippen LogP contribution in [0.25, 0.3) is 0 Å². The van der Waals surface area contributed by atoms with Crippen molar-refractivity contribution in [2.24, 2.45) is 0 Å². The van der Waals surface area contributed by atoms with E-state index in [1.54, 1.807) is 0 Å². The van der Waals surface area contributed by atoms with Crippen LogP contribution in [-0.4, -0.2) is 117 Å². The van der Waals surface area contributed by atoms with Crippen LogP contribution >= 0.6 is 0 Å². The fourth-order valence-electron chi connectivity index (χ4n) is 2.72. The highest BCUT2D eigenvalue weighted by Crippen LogP contribution is 2.28. The fraction of sp³-hybridized carbons (Fsp3) is 1.00. The minimum Gasteiger partial charge on any atom is -0.394 e. The zero-order valence-corrected chi connectivity index (χ0v) is 13.0. The average Bonchev–Trinajstić information content (AvgIpc) is 2.56. The minimum atomic E-state index is -1.68. The van der Waals surface area contributed by atoms with E-state index in [0.29, 0.717) is 0 Å². The molecule has 0 bridgehead atoms. The lowest BCUT2D eigenvalue weighted by Crippen LogP contribution is -2.64. The number of aliphatic hydroxyl groups is 7. The van der Waals surface area contributed by atoms with Crippen molar-refractivity contribution in [2.75, 3.05) is 20.3 Å². The molecule has 0 aromatic heterocycles. The molecule has 4 unspecified atom stereocenters. The SMILES string of the molecule is COCC1O[C@@H](O)C(O)[C@H](O)[C@H]1O[C@@H]1OC(CO)[C@H](O)[C@@H](O)C1O. The van der Waals surface area contributed by atoms with Crippen molar-refractivity contribution >= 4 is 0 Å². The van der Waals surface area contributed by atoms with Gasteiger partial charge < -0.3 is 54.7 Å². The lowest BCUT2D eigenvalue weighted by molar-refractivity contribution is -0.355. The summed E-state index contributed by atoms with van der Waals surface area (Å²) in [6.07, 6.45) is -14.8. The molecule has 2 saturated heterocycles. The highest BCUT2D eigenvalue weighted by molar-refractivity contribution is 4.93. The Hall–Kier alpha value is -0.440. The summed E-state index contributed by atoms with van der Waals surface area (Å²) in [5, 5.41) is 67.9. The first kappa shape index (κ1) is 19.9. The molecule has 11 heteroatoms. The zero-order valence-electron chi connectivity index (χ0n) is 13.0. The molecule has 11 nitrogen and oxygen atoms in total. The van der Waals surface area contributed by atoms with Gasteiger partial charge in [-0.1, -0.05) is 0 Å². The van der Waals surface area contributed by atoms with E-state index in [2.05, 4.69) is 0 Å². The molecular formula is C13H24O11. The zero-order chi connectivity index (χ0) is 18.0. The summed E-state index contributed by atoms with van der Waals surface area (Å²) in [4.78, 5) is 0. The van der Waals surface area contributed by atoms with Crippen LogP contribution in [0.5, 0.6) is 0 Å². The Labute approximate surface area is 137 Å². The predicted molar refractivity (Wildman–Crippen MR) is 73.4 cm³/mol. The second-order valence-electron chi connectivity index (χ2n) is 5.80. The van der Waals surface area contributed by atoms with Gasteiger partial charge in [0.15, 0.2) is 12.6 Å². The van der Waals surface area contributed by atoms with Gasteiger partial charge in [-0.25, -0.2) is 0 Å². The summed E-state index contributed by atoms with van der Waals surface area (Å²) in [6.45, 7) is -0.750. The summed E-state index contributed by atoms with van der Waals surface area (Å²) < 4.78 is 20.6. The monoisotopic (exact) mass is 356 g/mol. The second kappa shape index (κ2) is 8.29. The van der Waals surface area contributed by atoms with E-state index in [1.807, 2.05) is 0 Å². The molecule has 0 amide bonds. The number of aliphatic hydroxyl groups excluding tert-OH is 7. The van der Waals surface area contributed by atoms with Crippen molar-refractivity contribution in [1.82, 2.24) is 0 Å². The van der Waals surface area contributed by atoms with Gasteiger partial charge in [0.25, 0.3) is 0 Å². The molecule has 2 aliphatic rings.